The molecule has 0 saturated carbocycles. The number of nitrogens with two attached hydrogens (primary N) is 1. The lowest BCUT2D eigenvalue weighted by Gasteiger charge is -2.08. The third kappa shape index (κ3) is 3.60. The topological polar surface area (TPSA) is 71.5 Å². The van der Waals surface area contributed by atoms with E-state index in [0.717, 1.165) is 5.03 Å². The van der Waals surface area contributed by atoms with Crippen molar-refractivity contribution >= 4 is 29.2 Å². The number of hydrogen-bond acceptors (Lipinski definition) is 4. The second kappa shape index (κ2) is 5.82. The number of nitrogens with zero attached hydrogens (tertiary/aromatic N) is 2. The van der Waals surface area contributed by atoms with Crippen LogP contribution < -0.4 is 5.73 Å². The molecule has 82 valence electrons. The fraction of sp³-hybridized carbons (Fsp3) is 0.333. The van der Waals surface area contributed by atoms with Crippen molar-refractivity contribution in [1.82, 2.24) is 4.98 Å². The molecule has 0 radical (unpaired) electrons. The Hall–Kier alpha value is -0.940. The summed E-state index contributed by atoms with van der Waals surface area (Å²) < 4.78 is 0. The van der Waals surface area contributed by atoms with Crippen molar-refractivity contribution in [1.29, 1.82) is 0 Å². The molecule has 0 saturated heterocycles. The average molecular weight is 246 g/mol. The summed E-state index contributed by atoms with van der Waals surface area (Å²) in [5.41, 5.74) is 5.45. The van der Waals surface area contributed by atoms with Crippen LogP contribution in [0.25, 0.3) is 0 Å². The molecule has 0 fully saturated rings. The smallest absolute Gasteiger partial charge is 0.142 e. The molecule has 1 heterocycles. The minimum absolute atomic E-state index is 0.0157. The number of halogens is 1. The minimum atomic E-state index is -0.0157. The summed E-state index contributed by atoms with van der Waals surface area (Å²) in [6.07, 6.45) is 1.68. The fourth-order valence-corrected chi connectivity index (χ4v) is 2.07. The third-order valence-electron chi connectivity index (χ3n) is 1.82. The Balaban J connectivity index is 2.54. The molecule has 0 amide bonds. The zero-order chi connectivity index (χ0) is 11.3. The van der Waals surface area contributed by atoms with Crippen LogP contribution in [-0.4, -0.2) is 21.8 Å². The molecule has 0 aliphatic carbocycles. The number of pyridine rings is 1. The van der Waals surface area contributed by atoms with Crippen molar-refractivity contribution in [2.75, 3.05) is 5.75 Å². The Bertz CT molecular complexity index is 359. The SMILES string of the molecule is CC(CSc1ncccc1Cl)C(N)=NO. The van der Waals surface area contributed by atoms with Crippen molar-refractivity contribution in [3.8, 4) is 0 Å². The Morgan fingerprint density at radius 2 is 2.53 bits per heavy atom. The normalized spacial score (nSPS) is 13.9. The lowest BCUT2D eigenvalue weighted by molar-refractivity contribution is 0.315. The summed E-state index contributed by atoms with van der Waals surface area (Å²) in [7, 11) is 0. The molecule has 1 aromatic rings. The number of aromatic nitrogens is 1. The van der Waals surface area contributed by atoms with Crippen LogP contribution in [0.3, 0.4) is 0 Å². The van der Waals surface area contributed by atoms with Gasteiger partial charge in [-0.15, -0.1) is 11.8 Å². The Labute approximate surface area is 97.5 Å². The molecular weight excluding hydrogens is 234 g/mol. The van der Waals surface area contributed by atoms with E-state index in [4.69, 9.17) is 22.5 Å². The molecule has 0 bridgehead atoms. The van der Waals surface area contributed by atoms with Crippen LogP contribution in [0.1, 0.15) is 6.92 Å². The maximum Gasteiger partial charge on any atom is 0.142 e. The molecule has 1 unspecified atom stereocenters. The van der Waals surface area contributed by atoms with Crippen molar-refractivity contribution < 1.29 is 5.21 Å². The molecule has 6 heteroatoms. The predicted octanol–water partition coefficient (Wildman–Crippen LogP) is 2.21. The van der Waals surface area contributed by atoms with E-state index in [1.807, 2.05) is 6.92 Å². The predicted molar refractivity (Wildman–Crippen MR) is 62.5 cm³/mol. The third-order valence-corrected chi connectivity index (χ3v) is 3.50. The molecule has 1 rings (SSSR count). The highest BCUT2D eigenvalue weighted by atomic mass is 35.5. The monoisotopic (exact) mass is 245 g/mol. The van der Waals surface area contributed by atoms with Gasteiger partial charge in [0.05, 0.1) is 5.02 Å². The number of rotatable bonds is 4. The highest BCUT2D eigenvalue weighted by Crippen LogP contribution is 2.25. The van der Waals surface area contributed by atoms with Gasteiger partial charge in [-0.2, -0.15) is 0 Å². The van der Waals surface area contributed by atoms with Gasteiger partial charge in [0.15, 0.2) is 0 Å². The van der Waals surface area contributed by atoms with Crippen molar-refractivity contribution in [3.63, 3.8) is 0 Å². The van der Waals surface area contributed by atoms with Crippen LogP contribution in [0.4, 0.5) is 0 Å². The molecule has 0 aliphatic rings. The van der Waals surface area contributed by atoms with Crippen molar-refractivity contribution in [3.05, 3.63) is 23.4 Å². The van der Waals surface area contributed by atoms with Gasteiger partial charge in [0.2, 0.25) is 0 Å². The molecule has 3 N–H and O–H groups in total. The quantitative estimate of drug-likeness (QED) is 0.281. The van der Waals surface area contributed by atoms with Crippen LogP contribution >= 0.6 is 23.4 Å². The van der Waals surface area contributed by atoms with E-state index in [-0.39, 0.29) is 11.8 Å². The van der Waals surface area contributed by atoms with E-state index in [2.05, 4.69) is 10.1 Å². The van der Waals surface area contributed by atoms with Gasteiger partial charge in [-0.25, -0.2) is 4.98 Å². The summed E-state index contributed by atoms with van der Waals surface area (Å²) in [6.45, 7) is 1.87. The first kappa shape index (κ1) is 12.1. The van der Waals surface area contributed by atoms with Crippen LogP contribution in [0.2, 0.25) is 5.02 Å². The minimum Gasteiger partial charge on any atom is -0.409 e. The van der Waals surface area contributed by atoms with Gasteiger partial charge in [0.25, 0.3) is 0 Å². The van der Waals surface area contributed by atoms with Crippen LogP contribution in [0, 0.1) is 5.92 Å². The maximum atomic E-state index is 8.47. The van der Waals surface area contributed by atoms with E-state index >= 15 is 0 Å². The van der Waals surface area contributed by atoms with E-state index in [0.29, 0.717) is 10.8 Å². The van der Waals surface area contributed by atoms with Crippen LogP contribution in [0.15, 0.2) is 28.5 Å². The molecule has 1 aromatic heterocycles. The first-order chi connectivity index (χ1) is 7.15. The van der Waals surface area contributed by atoms with Gasteiger partial charge in [0, 0.05) is 17.9 Å². The van der Waals surface area contributed by atoms with E-state index in [9.17, 15) is 0 Å². The second-order valence-corrected chi connectivity index (χ2v) is 4.44. The Kier molecular flexibility index (Phi) is 4.71. The Morgan fingerprint density at radius 3 is 3.13 bits per heavy atom. The molecule has 0 aliphatic heterocycles. The van der Waals surface area contributed by atoms with E-state index < -0.39 is 0 Å². The molecular formula is C9H12ClN3OS. The molecule has 15 heavy (non-hydrogen) atoms. The zero-order valence-corrected chi connectivity index (χ0v) is 9.79. The first-order valence-electron chi connectivity index (χ1n) is 4.36. The van der Waals surface area contributed by atoms with Gasteiger partial charge in [-0.1, -0.05) is 23.7 Å². The van der Waals surface area contributed by atoms with E-state index in [1.165, 1.54) is 11.8 Å². The fourth-order valence-electron chi connectivity index (χ4n) is 0.865. The first-order valence-corrected chi connectivity index (χ1v) is 5.72. The Morgan fingerprint density at radius 1 is 1.80 bits per heavy atom. The molecule has 0 aromatic carbocycles. The van der Waals surface area contributed by atoms with Gasteiger partial charge in [0.1, 0.15) is 10.9 Å². The van der Waals surface area contributed by atoms with Crippen LogP contribution in [-0.2, 0) is 0 Å². The van der Waals surface area contributed by atoms with Gasteiger partial charge >= 0.3 is 0 Å². The van der Waals surface area contributed by atoms with Gasteiger partial charge < -0.3 is 10.9 Å². The van der Waals surface area contributed by atoms with Crippen molar-refractivity contribution in [2.45, 2.75) is 11.9 Å². The lowest BCUT2D eigenvalue weighted by Crippen LogP contribution is -2.22. The largest absolute Gasteiger partial charge is 0.409 e. The number of oxime groups is 1. The lowest BCUT2D eigenvalue weighted by atomic mass is 10.2. The summed E-state index contributed by atoms with van der Waals surface area (Å²) >= 11 is 7.41. The molecule has 1 atom stereocenters. The van der Waals surface area contributed by atoms with Crippen LogP contribution in [0.5, 0.6) is 0 Å². The summed E-state index contributed by atoms with van der Waals surface area (Å²) in [6, 6.07) is 3.56. The van der Waals surface area contributed by atoms with Crippen molar-refractivity contribution in [2.24, 2.45) is 16.8 Å². The average Bonchev–Trinajstić information content (AvgIpc) is 2.26. The highest BCUT2D eigenvalue weighted by Gasteiger charge is 2.10. The second-order valence-electron chi connectivity index (χ2n) is 3.03. The maximum absolute atomic E-state index is 8.47. The summed E-state index contributed by atoms with van der Waals surface area (Å²) in [5, 5.41) is 12.8. The number of hydrogen-bond donors (Lipinski definition) is 2. The zero-order valence-electron chi connectivity index (χ0n) is 8.22. The molecule has 0 spiro atoms. The molecule has 4 nitrogen and oxygen atoms in total. The summed E-state index contributed by atoms with van der Waals surface area (Å²) in [4.78, 5) is 4.12. The number of thioether (sulfide) groups is 1. The number of amidine groups is 1. The van der Waals surface area contributed by atoms with Gasteiger partial charge in [-0.3, -0.25) is 0 Å². The standard InChI is InChI=1S/C9H12ClN3OS/c1-6(8(11)13-14)5-15-9-7(10)3-2-4-12-9/h2-4,6,14H,5H2,1H3,(H2,11,13). The summed E-state index contributed by atoms with van der Waals surface area (Å²) in [5.74, 6) is 0.875. The van der Waals surface area contributed by atoms with E-state index in [1.54, 1.807) is 18.3 Å². The van der Waals surface area contributed by atoms with Gasteiger partial charge in [-0.05, 0) is 12.1 Å². The highest BCUT2D eigenvalue weighted by molar-refractivity contribution is 7.99.